The third kappa shape index (κ3) is 3.43. The predicted octanol–water partition coefficient (Wildman–Crippen LogP) is 4.40. The molecule has 1 N–H and O–H groups in total. The van der Waals surface area contributed by atoms with Crippen molar-refractivity contribution in [2.24, 2.45) is 0 Å². The van der Waals surface area contributed by atoms with E-state index in [1.165, 1.54) is 11.1 Å². The normalized spacial score (nSPS) is 12.4. The van der Waals surface area contributed by atoms with Crippen molar-refractivity contribution in [3.8, 4) is 0 Å². The van der Waals surface area contributed by atoms with Gasteiger partial charge in [-0.05, 0) is 48.0 Å². The molecule has 0 aliphatic carbocycles. The summed E-state index contributed by atoms with van der Waals surface area (Å²) in [5.74, 6) is -0.186. The minimum absolute atomic E-state index is 0.0284. The second-order valence-electron chi connectivity index (χ2n) is 4.68. The number of hydrogen-bond donors (Lipinski definition) is 1. The van der Waals surface area contributed by atoms with Crippen molar-refractivity contribution in [1.82, 2.24) is 5.32 Å². The quantitative estimate of drug-likeness (QED) is 0.880. The maximum atomic E-state index is 14.1. The fourth-order valence-corrected chi connectivity index (χ4v) is 2.61. The Labute approximate surface area is 122 Å². The molecule has 1 atom stereocenters. The highest BCUT2D eigenvalue weighted by molar-refractivity contribution is 9.10. The lowest BCUT2D eigenvalue weighted by Crippen LogP contribution is -2.20. The van der Waals surface area contributed by atoms with Gasteiger partial charge in [-0.1, -0.05) is 42.0 Å². The number of hydrogen-bond acceptors (Lipinski definition) is 1. The Morgan fingerprint density at radius 2 is 1.95 bits per heavy atom. The minimum atomic E-state index is -0.186. The molecule has 2 rings (SSSR count). The van der Waals surface area contributed by atoms with Gasteiger partial charge in [-0.25, -0.2) is 4.39 Å². The predicted molar refractivity (Wildman–Crippen MR) is 80.8 cm³/mol. The molecule has 19 heavy (non-hydrogen) atoms. The fraction of sp³-hybridized carbons (Fsp3) is 0.250. The minimum Gasteiger partial charge on any atom is -0.313 e. The van der Waals surface area contributed by atoms with Gasteiger partial charge in [0.15, 0.2) is 0 Å². The molecule has 100 valence electrons. The van der Waals surface area contributed by atoms with E-state index in [1.54, 1.807) is 6.07 Å². The summed E-state index contributed by atoms with van der Waals surface area (Å²) in [5, 5.41) is 3.19. The monoisotopic (exact) mass is 321 g/mol. The zero-order valence-electron chi connectivity index (χ0n) is 11.1. The van der Waals surface area contributed by atoms with Gasteiger partial charge in [-0.2, -0.15) is 0 Å². The molecule has 1 unspecified atom stereocenters. The second kappa shape index (κ2) is 6.31. The molecule has 1 nitrogen and oxygen atoms in total. The van der Waals surface area contributed by atoms with Gasteiger partial charge in [0.25, 0.3) is 0 Å². The molecule has 2 aromatic rings. The summed E-state index contributed by atoms with van der Waals surface area (Å²) in [5.41, 5.74) is 3.12. The highest BCUT2D eigenvalue weighted by Gasteiger charge is 2.16. The van der Waals surface area contributed by atoms with Crippen LogP contribution >= 0.6 is 15.9 Å². The zero-order valence-corrected chi connectivity index (χ0v) is 12.7. The average molecular weight is 322 g/mol. The summed E-state index contributed by atoms with van der Waals surface area (Å²) in [7, 11) is 1.86. The first kappa shape index (κ1) is 14.2. The molecule has 0 aromatic heterocycles. The Balaban J connectivity index is 2.28. The van der Waals surface area contributed by atoms with Crippen LogP contribution in [0.4, 0.5) is 4.39 Å². The van der Waals surface area contributed by atoms with Crippen molar-refractivity contribution >= 4 is 15.9 Å². The second-order valence-corrected chi connectivity index (χ2v) is 5.53. The van der Waals surface area contributed by atoms with Crippen molar-refractivity contribution in [1.29, 1.82) is 0 Å². The molecule has 0 heterocycles. The summed E-state index contributed by atoms with van der Waals surface area (Å²) in [6.45, 7) is 2.07. The molecule has 0 aliphatic rings. The van der Waals surface area contributed by atoms with Gasteiger partial charge in [0.05, 0.1) is 4.47 Å². The van der Waals surface area contributed by atoms with Gasteiger partial charge in [-0.15, -0.1) is 0 Å². The summed E-state index contributed by atoms with van der Waals surface area (Å²) in [4.78, 5) is 0. The van der Waals surface area contributed by atoms with E-state index < -0.39 is 0 Å². The first-order chi connectivity index (χ1) is 9.11. The fourth-order valence-electron chi connectivity index (χ4n) is 2.23. The number of benzene rings is 2. The molecule has 0 spiro atoms. The topological polar surface area (TPSA) is 12.0 Å². The summed E-state index contributed by atoms with van der Waals surface area (Å²) < 4.78 is 14.6. The van der Waals surface area contributed by atoms with Crippen LogP contribution in [0.25, 0.3) is 0 Å². The van der Waals surface area contributed by atoms with Gasteiger partial charge in [-0.3, -0.25) is 0 Å². The summed E-state index contributed by atoms with van der Waals surface area (Å²) in [6, 6.07) is 13.7. The standard InChI is InChI=1S/C16H17BrFN/c1-11-5-3-6-12(9-11)10-15(19-2)13-7-4-8-14(17)16(13)18/h3-9,15,19H,10H2,1-2H3. The maximum Gasteiger partial charge on any atom is 0.142 e. The van der Waals surface area contributed by atoms with Crippen molar-refractivity contribution in [3.63, 3.8) is 0 Å². The third-order valence-electron chi connectivity index (χ3n) is 3.23. The Bertz CT molecular complexity index is 568. The zero-order chi connectivity index (χ0) is 13.8. The van der Waals surface area contributed by atoms with E-state index in [1.807, 2.05) is 25.2 Å². The molecule has 0 fully saturated rings. The Morgan fingerprint density at radius 3 is 2.63 bits per heavy atom. The van der Waals surface area contributed by atoms with E-state index in [4.69, 9.17) is 0 Å². The lowest BCUT2D eigenvalue weighted by atomic mass is 9.97. The Kier molecular flexibility index (Phi) is 4.72. The van der Waals surface area contributed by atoms with Crippen LogP contribution in [0.15, 0.2) is 46.9 Å². The maximum absolute atomic E-state index is 14.1. The van der Waals surface area contributed by atoms with E-state index in [9.17, 15) is 4.39 Å². The summed E-state index contributed by atoms with van der Waals surface area (Å²) >= 11 is 3.24. The molecule has 0 bridgehead atoms. The van der Waals surface area contributed by atoms with Crippen molar-refractivity contribution in [3.05, 3.63) is 69.4 Å². The van der Waals surface area contributed by atoms with E-state index >= 15 is 0 Å². The molecule has 0 saturated heterocycles. The van der Waals surface area contributed by atoms with Crippen molar-refractivity contribution in [2.45, 2.75) is 19.4 Å². The number of rotatable bonds is 4. The largest absolute Gasteiger partial charge is 0.313 e. The Hall–Kier alpha value is -1.19. The van der Waals surface area contributed by atoms with Crippen molar-refractivity contribution in [2.75, 3.05) is 7.05 Å². The number of halogens is 2. The van der Waals surface area contributed by atoms with Crippen LogP contribution in [-0.4, -0.2) is 7.05 Å². The van der Waals surface area contributed by atoms with Gasteiger partial charge < -0.3 is 5.32 Å². The van der Waals surface area contributed by atoms with Crippen LogP contribution in [0, 0.1) is 12.7 Å². The van der Waals surface area contributed by atoms with Crippen LogP contribution in [-0.2, 0) is 6.42 Å². The molecular formula is C16H17BrFN. The first-order valence-corrected chi connectivity index (χ1v) is 7.08. The molecular weight excluding hydrogens is 305 g/mol. The highest BCUT2D eigenvalue weighted by Crippen LogP contribution is 2.26. The lowest BCUT2D eigenvalue weighted by Gasteiger charge is -2.18. The van der Waals surface area contributed by atoms with Gasteiger partial charge in [0.1, 0.15) is 5.82 Å². The summed E-state index contributed by atoms with van der Waals surface area (Å²) in [6.07, 6.45) is 0.769. The number of likely N-dealkylation sites (N-methyl/N-ethyl adjacent to an activating group) is 1. The lowest BCUT2D eigenvalue weighted by molar-refractivity contribution is 0.530. The van der Waals surface area contributed by atoms with Crippen LogP contribution in [0.5, 0.6) is 0 Å². The number of nitrogens with one attached hydrogen (secondary N) is 1. The van der Waals surface area contributed by atoms with E-state index in [0.29, 0.717) is 10.0 Å². The van der Waals surface area contributed by atoms with Gasteiger partial charge in [0, 0.05) is 11.6 Å². The van der Waals surface area contributed by atoms with Crippen LogP contribution in [0.2, 0.25) is 0 Å². The molecule has 3 heteroatoms. The Morgan fingerprint density at radius 1 is 1.21 bits per heavy atom. The smallest absolute Gasteiger partial charge is 0.142 e. The first-order valence-electron chi connectivity index (χ1n) is 6.28. The number of aryl methyl sites for hydroxylation is 1. The average Bonchev–Trinajstić information content (AvgIpc) is 2.40. The highest BCUT2D eigenvalue weighted by atomic mass is 79.9. The van der Waals surface area contributed by atoms with E-state index in [0.717, 1.165) is 6.42 Å². The van der Waals surface area contributed by atoms with Gasteiger partial charge in [0.2, 0.25) is 0 Å². The van der Waals surface area contributed by atoms with Gasteiger partial charge >= 0.3 is 0 Å². The molecule has 0 amide bonds. The van der Waals surface area contributed by atoms with Crippen molar-refractivity contribution < 1.29 is 4.39 Å². The molecule has 0 aliphatic heterocycles. The third-order valence-corrected chi connectivity index (χ3v) is 3.84. The molecule has 0 radical (unpaired) electrons. The SMILES string of the molecule is CNC(Cc1cccc(C)c1)c1cccc(Br)c1F. The molecule has 2 aromatic carbocycles. The van der Waals surface area contributed by atoms with Crippen LogP contribution in [0.1, 0.15) is 22.7 Å². The van der Waals surface area contributed by atoms with E-state index in [2.05, 4.69) is 46.4 Å². The van der Waals surface area contributed by atoms with E-state index in [-0.39, 0.29) is 11.9 Å². The molecule has 0 saturated carbocycles. The van der Waals surface area contributed by atoms with Crippen LogP contribution in [0.3, 0.4) is 0 Å². The van der Waals surface area contributed by atoms with Crippen LogP contribution < -0.4 is 5.32 Å².